The highest BCUT2D eigenvalue weighted by Gasteiger charge is 2.30. The molecule has 7 heteroatoms. The van der Waals surface area contributed by atoms with Crippen molar-refractivity contribution < 1.29 is 17.9 Å². The highest BCUT2D eigenvalue weighted by molar-refractivity contribution is 5.48. The minimum Gasteiger partial charge on any atom is -0.439 e. The normalized spacial score (nSPS) is 11.7. The molecule has 0 saturated carbocycles. The summed E-state index contributed by atoms with van der Waals surface area (Å²) in [5, 5.41) is 0. The molecule has 0 saturated heterocycles. The van der Waals surface area contributed by atoms with Crippen LogP contribution in [0.5, 0.6) is 11.6 Å². The van der Waals surface area contributed by atoms with Crippen LogP contribution in [0, 0.1) is 0 Å². The van der Waals surface area contributed by atoms with E-state index < -0.39 is 11.7 Å². The fourth-order valence-electron chi connectivity index (χ4n) is 1.84. The fraction of sp³-hybridized carbons (Fsp3) is 0.286. The summed E-state index contributed by atoms with van der Waals surface area (Å²) in [6.45, 7) is 3.79. The van der Waals surface area contributed by atoms with E-state index in [0.717, 1.165) is 12.1 Å². The number of anilines is 1. The smallest absolute Gasteiger partial charge is 0.416 e. The number of benzene rings is 1. The molecule has 112 valence electrons. The topological polar surface area (TPSA) is 61.0 Å². The summed E-state index contributed by atoms with van der Waals surface area (Å²) in [5.41, 5.74) is 5.66. The number of hydrogen-bond acceptors (Lipinski definition) is 4. The molecule has 2 N–H and O–H groups in total. The van der Waals surface area contributed by atoms with E-state index in [-0.39, 0.29) is 17.5 Å². The molecule has 0 aliphatic rings. The van der Waals surface area contributed by atoms with Crippen molar-refractivity contribution >= 4 is 5.82 Å². The highest BCUT2D eigenvalue weighted by Crippen LogP contribution is 2.34. The molecule has 2 rings (SSSR count). The molecule has 0 radical (unpaired) electrons. The maximum absolute atomic E-state index is 12.5. The molecular formula is C14H14F3N3O. The number of aromatic nitrogens is 2. The number of alkyl halides is 3. The second-order valence-electron chi connectivity index (χ2n) is 4.76. The van der Waals surface area contributed by atoms with Crippen molar-refractivity contribution in [2.24, 2.45) is 0 Å². The Kier molecular flexibility index (Phi) is 4.02. The van der Waals surface area contributed by atoms with E-state index in [1.54, 1.807) is 0 Å². The summed E-state index contributed by atoms with van der Waals surface area (Å²) in [6.07, 6.45) is -3.12. The van der Waals surface area contributed by atoms with E-state index >= 15 is 0 Å². The Bertz CT molecular complexity index is 624. The molecule has 0 bridgehead atoms. The third-order valence-corrected chi connectivity index (χ3v) is 2.85. The van der Waals surface area contributed by atoms with E-state index in [1.807, 2.05) is 13.8 Å². The molecule has 0 spiro atoms. The van der Waals surface area contributed by atoms with Gasteiger partial charge in [-0.1, -0.05) is 13.8 Å². The van der Waals surface area contributed by atoms with Crippen LogP contribution in [0.4, 0.5) is 19.0 Å². The highest BCUT2D eigenvalue weighted by atomic mass is 19.4. The number of halogens is 3. The Hall–Kier alpha value is -2.31. The lowest BCUT2D eigenvalue weighted by Gasteiger charge is -2.14. The van der Waals surface area contributed by atoms with E-state index in [1.165, 1.54) is 18.5 Å². The number of rotatable bonds is 3. The lowest BCUT2D eigenvalue weighted by molar-refractivity contribution is -0.137. The van der Waals surface area contributed by atoms with Gasteiger partial charge in [-0.05, 0) is 30.2 Å². The molecule has 0 aliphatic heterocycles. The lowest BCUT2D eigenvalue weighted by atomic mass is 10.1. The molecule has 1 heterocycles. The van der Waals surface area contributed by atoms with Crippen LogP contribution >= 0.6 is 0 Å². The predicted octanol–water partition coefficient (Wildman–Crippen LogP) is 3.99. The first kappa shape index (κ1) is 15.1. The van der Waals surface area contributed by atoms with Gasteiger partial charge in [0, 0.05) is 0 Å². The van der Waals surface area contributed by atoms with Crippen molar-refractivity contribution in [2.45, 2.75) is 25.9 Å². The second kappa shape index (κ2) is 5.59. The summed E-state index contributed by atoms with van der Waals surface area (Å²) in [6, 6.07) is 4.39. The van der Waals surface area contributed by atoms with E-state index in [2.05, 4.69) is 9.97 Å². The van der Waals surface area contributed by atoms with Crippen LogP contribution in [0.15, 0.2) is 30.6 Å². The zero-order valence-electron chi connectivity index (χ0n) is 11.5. The number of nitrogens with zero attached hydrogens (tertiary/aromatic N) is 2. The third kappa shape index (κ3) is 3.42. The van der Waals surface area contributed by atoms with Crippen molar-refractivity contribution in [3.8, 4) is 11.6 Å². The first-order valence-electron chi connectivity index (χ1n) is 6.24. The molecule has 21 heavy (non-hydrogen) atoms. The van der Waals surface area contributed by atoms with Gasteiger partial charge < -0.3 is 10.5 Å². The maximum Gasteiger partial charge on any atom is 0.416 e. The number of ether oxygens (including phenoxy) is 1. The van der Waals surface area contributed by atoms with Crippen LogP contribution in [0.3, 0.4) is 0 Å². The minimum absolute atomic E-state index is 0.0237. The third-order valence-electron chi connectivity index (χ3n) is 2.85. The monoisotopic (exact) mass is 297 g/mol. The van der Waals surface area contributed by atoms with Crippen molar-refractivity contribution in [2.75, 3.05) is 5.73 Å². The molecule has 2 aromatic rings. The van der Waals surface area contributed by atoms with Crippen LogP contribution in [-0.2, 0) is 6.18 Å². The molecular weight excluding hydrogens is 283 g/mol. The van der Waals surface area contributed by atoms with Crippen LogP contribution in [-0.4, -0.2) is 9.97 Å². The number of nitrogens with two attached hydrogens (primary N) is 1. The summed E-state index contributed by atoms with van der Waals surface area (Å²) >= 11 is 0. The molecule has 1 aromatic carbocycles. The Morgan fingerprint density at radius 3 is 2.24 bits per heavy atom. The minimum atomic E-state index is -4.37. The molecule has 0 atom stereocenters. The first-order chi connectivity index (χ1) is 9.79. The quantitative estimate of drug-likeness (QED) is 0.930. The van der Waals surface area contributed by atoms with E-state index in [9.17, 15) is 13.2 Å². The van der Waals surface area contributed by atoms with Gasteiger partial charge in [0.25, 0.3) is 0 Å². The molecule has 0 aliphatic carbocycles. The fourth-order valence-corrected chi connectivity index (χ4v) is 1.84. The second-order valence-corrected chi connectivity index (χ2v) is 4.76. The Morgan fingerprint density at radius 1 is 1.10 bits per heavy atom. The van der Waals surface area contributed by atoms with Crippen molar-refractivity contribution in [3.63, 3.8) is 0 Å². The van der Waals surface area contributed by atoms with Gasteiger partial charge in [0.05, 0.1) is 11.1 Å². The van der Waals surface area contributed by atoms with Crippen molar-refractivity contribution in [1.29, 1.82) is 0 Å². The molecule has 0 unspecified atom stereocenters. The van der Waals surface area contributed by atoms with Gasteiger partial charge in [0.1, 0.15) is 17.9 Å². The van der Waals surface area contributed by atoms with E-state index in [4.69, 9.17) is 10.5 Å². The predicted molar refractivity (Wildman–Crippen MR) is 72.1 cm³/mol. The van der Waals surface area contributed by atoms with Crippen LogP contribution in [0.2, 0.25) is 0 Å². The molecule has 1 aromatic heterocycles. The number of hydrogen-bond donors (Lipinski definition) is 1. The van der Waals surface area contributed by atoms with Crippen molar-refractivity contribution in [3.05, 3.63) is 41.7 Å². The van der Waals surface area contributed by atoms with Crippen molar-refractivity contribution in [1.82, 2.24) is 9.97 Å². The number of nitrogen functional groups attached to an aromatic ring is 1. The van der Waals surface area contributed by atoms with Gasteiger partial charge in [-0.15, -0.1) is 0 Å². The van der Waals surface area contributed by atoms with Gasteiger partial charge in [0.2, 0.25) is 5.88 Å². The largest absolute Gasteiger partial charge is 0.439 e. The Balaban J connectivity index is 2.29. The average molecular weight is 297 g/mol. The molecule has 0 amide bonds. The van der Waals surface area contributed by atoms with Gasteiger partial charge >= 0.3 is 6.18 Å². The first-order valence-corrected chi connectivity index (χ1v) is 6.24. The van der Waals surface area contributed by atoms with Gasteiger partial charge in [-0.3, -0.25) is 0 Å². The van der Waals surface area contributed by atoms with E-state index in [0.29, 0.717) is 11.4 Å². The Labute approximate surface area is 119 Å². The van der Waals surface area contributed by atoms with Crippen LogP contribution in [0.1, 0.15) is 30.9 Å². The maximum atomic E-state index is 12.5. The zero-order valence-corrected chi connectivity index (χ0v) is 11.5. The lowest BCUT2D eigenvalue weighted by Crippen LogP contribution is -2.05. The zero-order chi connectivity index (χ0) is 15.6. The summed E-state index contributed by atoms with van der Waals surface area (Å²) in [7, 11) is 0. The summed E-state index contributed by atoms with van der Waals surface area (Å²) < 4.78 is 43.0. The summed E-state index contributed by atoms with van der Waals surface area (Å²) in [4.78, 5) is 7.88. The standard InChI is InChI=1S/C14H14F3N3O/c1-8(2)11-12(18)19-7-20-13(11)21-10-5-3-9(4-6-10)14(15,16)17/h3-8H,1-2H3,(H2,18,19,20). The van der Waals surface area contributed by atoms with Gasteiger partial charge in [-0.25, -0.2) is 9.97 Å². The summed E-state index contributed by atoms with van der Waals surface area (Å²) in [5.74, 6) is 0.817. The van der Waals surface area contributed by atoms with Crippen LogP contribution in [0.25, 0.3) is 0 Å². The Morgan fingerprint density at radius 2 is 1.71 bits per heavy atom. The SMILES string of the molecule is CC(C)c1c(N)ncnc1Oc1ccc(C(F)(F)F)cc1. The van der Waals surface area contributed by atoms with Crippen LogP contribution < -0.4 is 10.5 Å². The van der Waals surface area contributed by atoms with Gasteiger partial charge in [0.15, 0.2) is 0 Å². The van der Waals surface area contributed by atoms with Gasteiger partial charge in [-0.2, -0.15) is 13.2 Å². The molecule has 0 fully saturated rings. The average Bonchev–Trinajstić information content (AvgIpc) is 2.38. The molecule has 4 nitrogen and oxygen atoms in total.